The van der Waals surface area contributed by atoms with E-state index in [9.17, 15) is 14.7 Å². The van der Waals surface area contributed by atoms with E-state index in [2.05, 4.69) is 10.2 Å². The van der Waals surface area contributed by atoms with Crippen LogP contribution in [-0.2, 0) is 4.79 Å². The van der Waals surface area contributed by atoms with Crippen LogP contribution in [0.3, 0.4) is 0 Å². The Labute approximate surface area is 129 Å². The van der Waals surface area contributed by atoms with E-state index in [1.165, 1.54) is 36.0 Å². The van der Waals surface area contributed by atoms with Crippen LogP contribution < -0.4 is 5.32 Å². The molecule has 2 N–H and O–H groups in total. The largest absolute Gasteiger partial charge is 0.480 e. The Morgan fingerprint density at radius 1 is 1.29 bits per heavy atom. The Morgan fingerprint density at radius 2 is 2.10 bits per heavy atom. The van der Waals surface area contributed by atoms with Crippen molar-refractivity contribution >= 4 is 23.8 Å². The Hall–Kier alpha value is -0.950. The highest BCUT2D eigenvalue weighted by atomic mass is 32.2. The summed E-state index contributed by atoms with van der Waals surface area (Å²) in [5.41, 5.74) is 0. The zero-order valence-corrected chi connectivity index (χ0v) is 13.1. The van der Waals surface area contributed by atoms with Gasteiger partial charge in [-0.1, -0.05) is 0 Å². The molecule has 3 rings (SSSR count). The lowest BCUT2D eigenvalue weighted by Gasteiger charge is -2.36. The smallest absolute Gasteiger partial charge is 0.327 e. The van der Waals surface area contributed by atoms with Crippen LogP contribution in [0.4, 0.5) is 4.79 Å². The van der Waals surface area contributed by atoms with Gasteiger partial charge in [-0.15, -0.1) is 11.8 Å². The average molecular weight is 313 g/mol. The summed E-state index contributed by atoms with van der Waals surface area (Å²) >= 11 is 1.52. The minimum absolute atomic E-state index is 0.0716. The fourth-order valence-electron chi connectivity index (χ4n) is 3.75. The second-order valence-electron chi connectivity index (χ2n) is 6.20. The van der Waals surface area contributed by atoms with Crippen LogP contribution in [0.5, 0.6) is 0 Å². The summed E-state index contributed by atoms with van der Waals surface area (Å²) in [5, 5.41) is 12.2. The van der Waals surface area contributed by atoms with Gasteiger partial charge in [-0.3, -0.25) is 4.90 Å². The molecule has 0 radical (unpaired) electrons. The number of thioether (sulfide) groups is 1. The zero-order valence-electron chi connectivity index (χ0n) is 12.3. The molecule has 0 bridgehead atoms. The van der Waals surface area contributed by atoms with Crippen molar-refractivity contribution in [3.8, 4) is 0 Å². The van der Waals surface area contributed by atoms with Gasteiger partial charge in [-0.2, -0.15) is 0 Å². The standard InChI is InChI=1S/C14H23N3O3S/c1-9-17(12(8-21-9)13(18)19)14(20)15-10-4-6-16-5-2-3-11(16)7-10/h9-12H,2-8H2,1H3,(H,15,20)(H,18,19). The number of rotatable bonds is 2. The van der Waals surface area contributed by atoms with Crippen LogP contribution >= 0.6 is 11.8 Å². The van der Waals surface area contributed by atoms with E-state index in [1.54, 1.807) is 0 Å². The first-order valence-corrected chi connectivity index (χ1v) is 8.78. The third-order valence-corrected chi connectivity index (χ3v) is 6.11. The predicted octanol–water partition coefficient (Wildman–Crippen LogP) is 1.17. The Bertz CT molecular complexity index is 434. The Kier molecular flexibility index (Phi) is 4.31. The molecule has 2 amide bonds. The fourth-order valence-corrected chi connectivity index (χ4v) is 4.91. The van der Waals surface area contributed by atoms with Crippen molar-refractivity contribution in [2.24, 2.45) is 0 Å². The number of urea groups is 1. The first-order chi connectivity index (χ1) is 10.1. The quantitative estimate of drug-likeness (QED) is 0.801. The maximum Gasteiger partial charge on any atom is 0.327 e. The maximum atomic E-state index is 12.5. The molecule has 3 aliphatic heterocycles. The minimum atomic E-state index is -0.910. The zero-order chi connectivity index (χ0) is 15.0. The summed E-state index contributed by atoms with van der Waals surface area (Å²) in [6, 6.07) is -0.123. The van der Waals surface area contributed by atoms with Gasteiger partial charge in [0, 0.05) is 24.4 Å². The average Bonchev–Trinajstić information content (AvgIpc) is 3.04. The number of hydrogen-bond acceptors (Lipinski definition) is 4. The molecule has 0 aromatic rings. The molecule has 7 heteroatoms. The molecule has 0 saturated carbocycles. The first-order valence-electron chi connectivity index (χ1n) is 7.73. The number of piperidine rings is 1. The molecular formula is C14H23N3O3S. The molecule has 0 spiro atoms. The van der Waals surface area contributed by atoms with Gasteiger partial charge in [0.25, 0.3) is 0 Å². The lowest BCUT2D eigenvalue weighted by Crippen LogP contribution is -2.54. The molecule has 4 unspecified atom stereocenters. The molecule has 3 heterocycles. The molecule has 3 saturated heterocycles. The van der Waals surface area contributed by atoms with Crippen molar-refractivity contribution in [3.05, 3.63) is 0 Å². The van der Waals surface area contributed by atoms with Crippen LogP contribution in [0.25, 0.3) is 0 Å². The van der Waals surface area contributed by atoms with Crippen molar-refractivity contribution in [2.45, 2.75) is 56.1 Å². The second-order valence-corrected chi connectivity index (χ2v) is 7.55. The summed E-state index contributed by atoms with van der Waals surface area (Å²) in [7, 11) is 0. The second kappa shape index (κ2) is 6.04. The van der Waals surface area contributed by atoms with E-state index in [0.717, 1.165) is 19.4 Å². The number of carboxylic acid groups (broad SMARTS) is 1. The first kappa shape index (κ1) is 15.0. The number of nitrogens with zero attached hydrogens (tertiary/aromatic N) is 2. The number of nitrogens with one attached hydrogen (secondary N) is 1. The van der Waals surface area contributed by atoms with Crippen LogP contribution in [0.15, 0.2) is 0 Å². The van der Waals surface area contributed by atoms with Crippen LogP contribution in [0, 0.1) is 0 Å². The highest BCUT2D eigenvalue weighted by Gasteiger charge is 2.41. The molecule has 21 heavy (non-hydrogen) atoms. The molecule has 0 aromatic carbocycles. The Morgan fingerprint density at radius 3 is 2.86 bits per heavy atom. The van der Waals surface area contributed by atoms with Crippen molar-refractivity contribution < 1.29 is 14.7 Å². The van der Waals surface area contributed by atoms with Crippen molar-refractivity contribution in [1.29, 1.82) is 0 Å². The summed E-state index contributed by atoms with van der Waals surface area (Å²) in [6.07, 6.45) is 4.44. The molecule has 118 valence electrons. The predicted molar refractivity (Wildman–Crippen MR) is 81.3 cm³/mol. The van der Waals surface area contributed by atoms with Crippen molar-refractivity contribution in [3.63, 3.8) is 0 Å². The molecular weight excluding hydrogens is 290 g/mol. The van der Waals surface area contributed by atoms with Gasteiger partial charge >= 0.3 is 12.0 Å². The van der Waals surface area contributed by atoms with Gasteiger partial charge in [0.1, 0.15) is 6.04 Å². The fraction of sp³-hybridized carbons (Fsp3) is 0.857. The van der Waals surface area contributed by atoms with Crippen LogP contribution in [-0.4, -0.2) is 69.2 Å². The topological polar surface area (TPSA) is 72.9 Å². The van der Waals surface area contributed by atoms with Gasteiger partial charge in [-0.25, -0.2) is 9.59 Å². The SMILES string of the molecule is CC1SCC(C(=O)O)N1C(=O)NC1CCN2CCCC2C1. The number of amides is 2. The molecule has 3 fully saturated rings. The number of aliphatic carboxylic acids is 1. The number of fused-ring (bicyclic) bond motifs is 1. The highest BCUT2D eigenvalue weighted by molar-refractivity contribution is 8.00. The minimum Gasteiger partial charge on any atom is -0.480 e. The number of carboxylic acids is 1. The molecule has 0 aromatic heterocycles. The third-order valence-electron chi connectivity index (χ3n) is 4.89. The van der Waals surface area contributed by atoms with E-state index < -0.39 is 12.0 Å². The maximum absolute atomic E-state index is 12.5. The van der Waals surface area contributed by atoms with E-state index in [1.807, 2.05) is 6.92 Å². The lowest BCUT2D eigenvalue weighted by molar-refractivity contribution is -0.141. The van der Waals surface area contributed by atoms with E-state index in [0.29, 0.717) is 11.8 Å². The normalized spacial score (nSPS) is 36.5. The van der Waals surface area contributed by atoms with Gasteiger partial charge in [0.2, 0.25) is 0 Å². The molecule has 4 atom stereocenters. The van der Waals surface area contributed by atoms with Gasteiger partial charge in [-0.05, 0) is 39.2 Å². The number of carbonyl (C=O) groups excluding carboxylic acids is 1. The van der Waals surface area contributed by atoms with Crippen LogP contribution in [0.2, 0.25) is 0 Å². The molecule has 6 nitrogen and oxygen atoms in total. The van der Waals surface area contributed by atoms with Gasteiger partial charge in [0.05, 0.1) is 5.37 Å². The van der Waals surface area contributed by atoms with Gasteiger partial charge in [0.15, 0.2) is 0 Å². The highest BCUT2D eigenvalue weighted by Crippen LogP contribution is 2.30. The summed E-state index contributed by atoms with van der Waals surface area (Å²) in [5.74, 6) is -0.432. The van der Waals surface area contributed by atoms with Gasteiger partial charge < -0.3 is 15.3 Å². The van der Waals surface area contributed by atoms with E-state index in [-0.39, 0.29) is 17.4 Å². The number of hydrogen-bond donors (Lipinski definition) is 2. The third kappa shape index (κ3) is 2.99. The molecule has 3 aliphatic rings. The van der Waals surface area contributed by atoms with E-state index >= 15 is 0 Å². The lowest BCUT2D eigenvalue weighted by atomic mass is 9.98. The van der Waals surface area contributed by atoms with Crippen molar-refractivity contribution in [2.75, 3.05) is 18.8 Å². The van der Waals surface area contributed by atoms with Crippen LogP contribution in [0.1, 0.15) is 32.6 Å². The summed E-state index contributed by atoms with van der Waals surface area (Å²) in [4.78, 5) is 27.7. The molecule has 0 aliphatic carbocycles. The number of carbonyl (C=O) groups is 2. The van der Waals surface area contributed by atoms with E-state index in [4.69, 9.17) is 0 Å². The summed E-state index contributed by atoms with van der Waals surface area (Å²) < 4.78 is 0. The Balaban J connectivity index is 1.59. The summed E-state index contributed by atoms with van der Waals surface area (Å²) in [6.45, 7) is 4.13. The monoisotopic (exact) mass is 313 g/mol. The van der Waals surface area contributed by atoms with Crippen molar-refractivity contribution in [1.82, 2.24) is 15.1 Å².